The van der Waals surface area contributed by atoms with E-state index in [9.17, 15) is 0 Å². The summed E-state index contributed by atoms with van der Waals surface area (Å²) in [7, 11) is 0. The topological polar surface area (TPSA) is 29.5 Å². The molecule has 0 spiro atoms. The molecule has 0 heterocycles. The van der Waals surface area contributed by atoms with Gasteiger partial charge in [0.25, 0.3) is 0 Å². The van der Waals surface area contributed by atoms with Crippen molar-refractivity contribution in [2.45, 2.75) is 65.4 Å². The monoisotopic (exact) mass is 252 g/mol. The predicted molar refractivity (Wildman–Crippen MR) is 76.3 cm³/mol. The molecule has 1 N–H and O–H groups in total. The molecule has 2 atom stereocenters. The van der Waals surface area contributed by atoms with Gasteiger partial charge in [0.05, 0.1) is 5.60 Å². The van der Waals surface area contributed by atoms with Gasteiger partial charge in [-0.15, -0.1) is 0 Å². The van der Waals surface area contributed by atoms with Gasteiger partial charge in [-0.25, -0.2) is 0 Å². The molecule has 0 amide bonds. The molecule has 0 aromatic heterocycles. The Hall–Kier alpha value is -0.600. The predicted octanol–water partition coefficient (Wildman–Crippen LogP) is 4.20. The summed E-state index contributed by atoms with van der Waals surface area (Å²) >= 11 is 0. The molecule has 0 aliphatic heterocycles. The smallest absolute Gasteiger partial charge is 0.144 e. The molecule has 104 valence electrons. The number of aliphatic hydroxyl groups is 1. The van der Waals surface area contributed by atoms with Crippen molar-refractivity contribution in [2.75, 3.05) is 6.79 Å². The van der Waals surface area contributed by atoms with Gasteiger partial charge in [-0.2, -0.15) is 0 Å². The van der Waals surface area contributed by atoms with Crippen LogP contribution in [-0.2, 0) is 4.74 Å². The fourth-order valence-corrected chi connectivity index (χ4v) is 2.71. The highest BCUT2D eigenvalue weighted by atomic mass is 16.6. The van der Waals surface area contributed by atoms with Gasteiger partial charge in [-0.1, -0.05) is 23.3 Å². The molecular weight excluding hydrogens is 224 g/mol. The van der Waals surface area contributed by atoms with E-state index in [0.717, 1.165) is 25.7 Å². The Kier molecular flexibility index (Phi) is 6.10. The summed E-state index contributed by atoms with van der Waals surface area (Å²) in [5.74, 6) is 0.527. The third-order valence-corrected chi connectivity index (χ3v) is 4.09. The fourth-order valence-electron chi connectivity index (χ4n) is 2.71. The normalized spacial score (nSPS) is 23.2. The second-order valence-corrected chi connectivity index (χ2v) is 5.93. The van der Waals surface area contributed by atoms with Gasteiger partial charge in [0.15, 0.2) is 0 Å². The van der Waals surface area contributed by atoms with E-state index >= 15 is 0 Å². The summed E-state index contributed by atoms with van der Waals surface area (Å²) in [4.78, 5) is 0. The third-order valence-electron chi connectivity index (χ3n) is 4.09. The van der Waals surface area contributed by atoms with Crippen molar-refractivity contribution in [3.8, 4) is 0 Å². The zero-order valence-corrected chi connectivity index (χ0v) is 12.3. The van der Waals surface area contributed by atoms with Crippen LogP contribution in [-0.4, -0.2) is 17.5 Å². The maximum absolute atomic E-state index is 9.14. The Bertz CT molecular complexity index is 313. The lowest BCUT2D eigenvalue weighted by Crippen LogP contribution is -2.39. The molecule has 0 bridgehead atoms. The molecule has 0 aromatic carbocycles. The van der Waals surface area contributed by atoms with Crippen molar-refractivity contribution in [1.29, 1.82) is 0 Å². The molecule has 1 aliphatic rings. The zero-order chi connectivity index (χ0) is 13.6. The lowest BCUT2D eigenvalue weighted by Gasteiger charge is -2.38. The molecule has 0 radical (unpaired) electrons. The SMILES string of the molecule is CC(C)=CCCC(C)(OCO)C1CC=C(C)CC1. The molecule has 1 rings (SSSR count). The molecule has 2 nitrogen and oxygen atoms in total. The summed E-state index contributed by atoms with van der Waals surface area (Å²) in [6.07, 6.45) is 10.0. The van der Waals surface area contributed by atoms with Crippen molar-refractivity contribution in [2.24, 2.45) is 5.92 Å². The first-order valence-corrected chi connectivity index (χ1v) is 7.02. The molecule has 0 aromatic rings. The van der Waals surface area contributed by atoms with Crippen LogP contribution in [0.15, 0.2) is 23.3 Å². The van der Waals surface area contributed by atoms with E-state index < -0.39 is 0 Å². The first-order chi connectivity index (χ1) is 8.48. The molecular formula is C16H28O2. The first kappa shape index (κ1) is 15.5. The average molecular weight is 252 g/mol. The number of allylic oxidation sites excluding steroid dienone is 4. The largest absolute Gasteiger partial charge is 0.371 e. The van der Waals surface area contributed by atoms with Crippen LogP contribution in [0.4, 0.5) is 0 Å². The van der Waals surface area contributed by atoms with Gasteiger partial charge < -0.3 is 9.84 Å². The van der Waals surface area contributed by atoms with Crippen LogP contribution in [0.25, 0.3) is 0 Å². The Morgan fingerprint density at radius 1 is 1.56 bits per heavy atom. The average Bonchev–Trinajstić information content (AvgIpc) is 2.29. The lowest BCUT2D eigenvalue weighted by atomic mass is 9.76. The van der Waals surface area contributed by atoms with Crippen molar-refractivity contribution in [3.05, 3.63) is 23.3 Å². The molecule has 2 unspecified atom stereocenters. The van der Waals surface area contributed by atoms with Crippen LogP contribution < -0.4 is 0 Å². The van der Waals surface area contributed by atoms with Crippen molar-refractivity contribution in [3.63, 3.8) is 0 Å². The van der Waals surface area contributed by atoms with Gasteiger partial charge in [0, 0.05) is 0 Å². The Balaban J connectivity index is 2.64. The second-order valence-electron chi connectivity index (χ2n) is 5.93. The highest BCUT2D eigenvalue weighted by Gasteiger charge is 2.34. The van der Waals surface area contributed by atoms with Crippen LogP contribution in [0.2, 0.25) is 0 Å². The van der Waals surface area contributed by atoms with E-state index in [-0.39, 0.29) is 12.4 Å². The molecule has 18 heavy (non-hydrogen) atoms. The van der Waals surface area contributed by atoms with Crippen LogP contribution in [0.1, 0.15) is 59.8 Å². The lowest BCUT2D eigenvalue weighted by molar-refractivity contribution is -0.140. The first-order valence-electron chi connectivity index (χ1n) is 7.02. The number of hydrogen-bond acceptors (Lipinski definition) is 2. The van der Waals surface area contributed by atoms with E-state index in [1.807, 2.05) is 0 Å². The quantitative estimate of drug-likeness (QED) is 0.567. The van der Waals surface area contributed by atoms with E-state index in [0.29, 0.717) is 5.92 Å². The molecule has 0 saturated carbocycles. The van der Waals surface area contributed by atoms with E-state index in [4.69, 9.17) is 9.84 Å². The molecule has 1 aliphatic carbocycles. The summed E-state index contributed by atoms with van der Waals surface area (Å²) in [6.45, 7) is 8.42. The maximum atomic E-state index is 9.14. The van der Waals surface area contributed by atoms with Gasteiger partial charge in [-0.05, 0) is 65.7 Å². The maximum Gasteiger partial charge on any atom is 0.144 e. The van der Waals surface area contributed by atoms with Gasteiger partial charge in [-0.3, -0.25) is 0 Å². The standard InChI is InChI=1S/C16H28O2/c1-13(2)6-5-11-16(4,18-12-17)15-9-7-14(3)8-10-15/h6-7,15,17H,5,8-12H2,1-4H3. The molecule has 0 saturated heterocycles. The molecule has 2 heteroatoms. The minimum absolute atomic E-state index is 0.176. The van der Waals surface area contributed by atoms with E-state index in [2.05, 4.69) is 39.8 Å². The Morgan fingerprint density at radius 3 is 2.78 bits per heavy atom. The number of ether oxygens (including phenoxy) is 1. The summed E-state index contributed by atoms with van der Waals surface area (Å²) in [6, 6.07) is 0. The minimum atomic E-state index is -0.197. The number of hydrogen-bond donors (Lipinski definition) is 1. The van der Waals surface area contributed by atoms with Crippen LogP contribution in [0.3, 0.4) is 0 Å². The van der Waals surface area contributed by atoms with Gasteiger partial charge >= 0.3 is 0 Å². The zero-order valence-electron chi connectivity index (χ0n) is 12.3. The Morgan fingerprint density at radius 2 is 2.28 bits per heavy atom. The second kappa shape index (κ2) is 7.10. The summed E-state index contributed by atoms with van der Waals surface area (Å²) in [5.41, 5.74) is 2.64. The molecule has 0 fully saturated rings. The van der Waals surface area contributed by atoms with Crippen LogP contribution in [0.5, 0.6) is 0 Å². The van der Waals surface area contributed by atoms with E-state index in [1.54, 1.807) is 0 Å². The highest BCUT2D eigenvalue weighted by molar-refractivity contribution is 5.06. The van der Waals surface area contributed by atoms with Crippen LogP contribution in [0, 0.1) is 5.92 Å². The summed E-state index contributed by atoms with van der Waals surface area (Å²) in [5, 5.41) is 9.14. The Labute approximate surface area is 112 Å². The number of rotatable bonds is 6. The fraction of sp³-hybridized carbons (Fsp3) is 0.750. The third kappa shape index (κ3) is 4.58. The minimum Gasteiger partial charge on any atom is -0.371 e. The van der Waals surface area contributed by atoms with Crippen molar-refractivity contribution in [1.82, 2.24) is 0 Å². The summed E-state index contributed by atoms with van der Waals surface area (Å²) < 4.78 is 5.68. The van der Waals surface area contributed by atoms with Crippen LogP contribution >= 0.6 is 0 Å². The van der Waals surface area contributed by atoms with Gasteiger partial charge in [0.1, 0.15) is 6.79 Å². The van der Waals surface area contributed by atoms with Crippen molar-refractivity contribution >= 4 is 0 Å². The van der Waals surface area contributed by atoms with Crippen molar-refractivity contribution < 1.29 is 9.84 Å². The van der Waals surface area contributed by atoms with Gasteiger partial charge in [0.2, 0.25) is 0 Å². The van der Waals surface area contributed by atoms with E-state index in [1.165, 1.54) is 17.6 Å². The number of aliphatic hydroxyl groups excluding tert-OH is 1. The highest BCUT2D eigenvalue weighted by Crippen LogP contribution is 2.37.